The zero-order chi connectivity index (χ0) is 12.3. The van der Waals surface area contributed by atoms with Crippen LogP contribution in [0.3, 0.4) is 0 Å². The number of fused-ring (bicyclic) bond motifs is 1. The second-order valence-corrected chi connectivity index (χ2v) is 3.51. The van der Waals surface area contributed by atoms with E-state index in [9.17, 15) is 4.79 Å². The number of imidazole rings is 1. The van der Waals surface area contributed by atoms with Crippen molar-refractivity contribution in [1.29, 1.82) is 0 Å². The number of nitrogens with zero attached hydrogens (tertiary/aromatic N) is 4. The van der Waals surface area contributed by atoms with E-state index in [-0.39, 0.29) is 6.42 Å². The Morgan fingerprint density at radius 3 is 3.06 bits per heavy atom. The van der Waals surface area contributed by atoms with Crippen molar-refractivity contribution in [2.75, 3.05) is 5.73 Å². The molecule has 1 amide bonds. The van der Waals surface area contributed by atoms with Crippen LogP contribution in [0.25, 0.3) is 11.2 Å². The molecule has 0 aromatic carbocycles. The van der Waals surface area contributed by atoms with E-state index in [1.165, 1.54) is 6.33 Å². The van der Waals surface area contributed by atoms with Gasteiger partial charge in [0.2, 0.25) is 5.91 Å². The Bertz CT molecular complexity index is 537. The third-order valence-corrected chi connectivity index (χ3v) is 2.36. The number of aromatic nitrogens is 4. The largest absolute Gasteiger partial charge is 0.382 e. The Morgan fingerprint density at radius 2 is 2.29 bits per heavy atom. The molecule has 0 aliphatic rings. The summed E-state index contributed by atoms with van der Waals surface area (Å²) in [5, 5.41) is 8.34. The number of rotatable bonds is 4. The summed E-state index contributed by atoms with van der Waals surface area (Å²) in [6.07, 6.45) is 3.78. The van der Waals surface area contributed by atoms with Crippen molar-refractivity contribution in [3.05, 3.63) is 12.7 Å². The lowest BCUT2D eigenvalue weighted by Gasteiger charge is -2.02. The van der Waals surface area contributed by atoms with Crippen LogP contribution in [0.2, 0.25) is 0 Å². The zero-order valence-electron chi connectivity index (χ0n) is 9.00. The number of carbonyl (C=O) groups is 1. The molecule has 0 spiro atoms. The van der Waals surface area contributed by atoms with E-state index in [1.807, 2.05) is 0 Å². The van der Waals surface area contributed by atoms with Crippen LogP contribution in [0.4, 0.5) is 5.82 Å². The van der Waals surface area contributed by atoms with Crippen molar-refractivity contribution < 1.29 is 10.0 Å². The second-order valence-electron chi connectivity index (χ2n) is 3.51. The van der Waals surface area contributed by atoms with Gasteiger partial charge in [-0.2, -0.15) is 0 Å². The maximum atomic E-state index is 10.8. The van der Waals surface area contributed by atoms with Crippen LogP contribution in [-0.2, 0) is 11.3 Å². The van der Waals surface area contributed by atoms with Gasteiger partial charge in [0, 0.05) is 13.0 Å². The minimum absolute atomic E-state index is 0.233. The van der Waals surface area contributed by atoms with Crippen molar-refractivity contribution >= 4 is 22.9 Å². The fraction of sp³-hybridized carbons (Fsp3) is 0.333. The molecule has 0 saturated heterocycles. The molecule has 0 fully saturated rings. The highest BCUT2D eigenvalue weighted by Crippen LogP contribution is 2.14. The highest BCUT2D eigenvalue weighted by atomic mass is 16.5. The number of carbonyl (C=O) groups excluding carboxylic acids is 1. The van der Waals surface area contributed by atoms with Gasteiger partial charge in [0.1, 0.15) is 11.8 Å². The first-order valence-electron chi connectivity index (χ1n) is 5.06. The normalized spacial score (nSPS) is 10.6. The van der Waals surface area contributed by atoms with Gasteiger partial charge in [0.15, 0.2) is 11.5 Å². The summed E-state index contributed by atoms with van der Waals surface area (Å²) >= 11 is 0. The summed E-state index contributed by atoms with van der Waals surface area (Å²) in [7, 11) is 0. The van der Waals surface area contributed by atoms with Crippen LogP contribution in [0, 0.1) is 0 Å². The molecule has 0 saturated carbocycles. The first-order chi connectivity index (χ1) is 8.22. The van der Waals surface area contributed by atoms with Gasteiger partial charge in [0.25, 0.3) is 0 Å². The topological polar surface area (TPSA) is 119 Å². The number of amides is 1. The minimum atomic E-state index is -0.413. The summed E-state index contributed by atoms with van der Waals surface area (Å²) in [4.78, 5) is 22.8. The molecule has 0 radical (unpaired) electrons. The molecule has 0 aliphatic heterocycles. The molecule has 8 nitrogen and oxygen atoms in total. The first kappa shape index (κ1) is 11.3. The molecule has 0 bridgehead atoms. The van der Waals surface area contributed by atoms with Crippen LogP contribution < -0.4 is 11.2 Å². The maximum absolute atomic E-state index is 10.8. The van der Waals surface area contributed by atoms with Gasteiger partial charge in [0.05, 0.1) is 6.33 Å². The van der Waals surface area contributed by atoms with Crippen molar-refractivity contribution in [3.63, 3.8) is 0 Å². The Labute approximate surface area is 96.5 Å². The Morgan fingerprint density at radius 1 is 1.47 bits per heavy atom. The van der Waals surface area contributed by atoms with Gasteiger partial charge in [-0.15, -0.1) is 0 Å². The standard InChI is InChI=1S/C9H12N6O2/c10-8-7-9(12-4-11-8)15(5-13-7)3-1-2-6(16)14-17/h4-5,17H,1-3H2,(H,14,16)(H2,10,11,12). The molecular weight excluding hydrogens is 224 g/mol. The number of anilines is 1. The second kappa shape index (κ2) is 4.74. The molecule has 2 aromatic heterocycles. The quantitative estimate of drug-likeness (QED) is 0.495. The lowest BCUT2D eigenvalue weighted by Crippen LogP contribution is -2.18. The highest BCUT2D eigenvalue weighted by Gasteiger charge is 2.07. The van der Waals surface area contributed by atoms with Crippen LogP contribution in [0.1, 0.15) is 12.8 Å². The van der Waals surface area contributed by atoms with Gasteiger partial charge in [-0.3, -0.25) is 10.0 Å². The average Bonchev–Trinajstić information content (AvgIpc) is 2.74. The molecule has 0 aliphatic carbocycles. The minimum Gasteiger partial charge on any atom is -0.382 e. The molecule has 2 rings (SSSR count). The van der Waals surface area contributed by atoms with E-state index < -0.39 is 5.91 Å². The summed E-state index contributed by atoms with van der Waals surface area (Å²) in [6, 6.07) is 0. The zero-order valence-corrected chi connectivity index (χ0v) is 9.00. The lowest BCUT2D eigenvalue weighted by molar-refractivity contribution is -0.129. The Hall–Kier alpha value is -2.22. The van der Waals surface area contributed by atoms with Gasteiger partial charge in [-0.1, -0.05) is 0 Å². The molecule has 4 N–H and O–H groups in total. The monoisotopic (exact) mass is 236 g/mol. The van der Waals surface area contributed by atoms with Crippen LogP contribution in [-0.4, -0.2) is 30.6 Å². The third kappa shape index (κ3) is 2.31. The lowest BCUT2D eigenvalue weighted by atomic mass is 10.3. The number of hydrogen-bond acceptors (Lipinski definition) is 6. The molecule has 0 unspecified atom stereocenters. The average molecular weight is 236 g/mol. The van der Waals surface area contributed by atoms with E-state index in [2.05, 4.69) is 15.0 Å². The molecule has 0 atom stereocenters. The molecule has 2 heterocycles. The van der Waals surface area contributed by atoms with E-state index in [0.717, 1.165) is 0 Å². The van der Waals surface area contributed by atoms with Crippen molar-refractivity contribution in [1.82, 2.24) is 25.0 Å². The Balaban J connectivity index is 2.09. The van der Waals surface area contributed by atoms with Crippen LogP contribution in [0.5, 0.6) is 0 Å². The predicted octanol–water partition coefficient (Wildman–Crippen LogP) is -0.306. The molecule has 2 aromatic rings. The summed E-state index contributed by atoms with van der Waals surface area (Å²) in [5.41, 5.74) is 8.42. The summed E-state index contributed by atoms with van der Waals surface area (Å²) in [5.74, 6) is -0.0783. The number of nitrogens with two attached hydrogens (primary N) is 1. The summed E-state index contributed by atoms with van der Waals surface area (Å²) < 4.78 is 1.79. The predicted molar refractivity (Wildman–Crippen MR) is 58.9 cm³/mol. The molecule has 90 valence electrons. The molecular formula is C9H12N6O2. The van der Waals surface area contributed by atoms with E-state index in [0.29, 0.717) is 29.9 Å². The maximum Gasteiger partial charge on any atom is 0.243 e. The van der Waals surface area contributed by atoms with Gasteiger partial charge in [-0.05, 0) is 6.42 Å². The van der Waals surface area contributed by atoms with E-state index in [4.69, 9.17) is 10.9 Å². The van der Waals surface area contributed by atoms with Gasteiger partial charge < -0.3 is 10.3 Å². The van der Waals surface area contributed by atoms with E-state index in [1.54, 1.807) is 16.4 Å². The van der Waals surface area contributed by atoms with Crippen LogP contribution >= 0.6 is 0 Å². The number of hydrogen-bond donors (Lipinski definition) is 3. The van der Waals surface area contributed by atoms with Crippen LogP contribution in [0.15, 0.2) is 12.7 Å². The third-order valence-electron chi connectivity index (χ3n) is 2.36. The fourth-order valence-electron chi connectivity index (χ4n) is 1.53. The Kier molecular flexibility index (Phi) is 3.15. The first-order valence-corrected chi connectivity index (χ1v) is 5.06. The van der Waals surface area contributed by atoms with Crippen molar-refractivity contribution in [3.8, 4) is 0 Å². The van der Waals surface area contributed by atoms with Gasteiger partial charge >= 0.3 is 0 Å². The van der Waals surface area contributed by atoms with Crippen molar-refractivity contribution in [2.24, 2.45) is 0 Å². The molecule has 8 heteroatoms. The van der Waals surface area contributed by atoms with Gasteiger partial charge in [-0.25, -0.2) is 20.4 Å². The molecule has 17 heavy (non-hydrogen) atoms. The number of nitrogen functional groups attached to an aromatic ring is 1. The number of hydroxylamine groups is 1. The number of aryl methyl sites for hydroxylation is 1. The van der Waals surface area contributed by atoms with Crippen molar-refractivity contribution in [2.45, 2.75) is 19.4 Å². The SMILES string of the molecule is Nc1ncnc2c1ncn2CCCC(=O)NO. The smallest absolute Gasteiger partial charge is 0.243 e. The fourth-order valence-corrected chi connectivity index (χ4v) is 1.53. The van der Waals surface area contributed by atoms with E-state index >= 15 is 0 Å². The summed E-state index contributed by atoms with van der Waals surface area (Å²) in [6.45, 7) is 0.570. The number of nitrogens with one attached hydrogen (secondary N) is 1. The highest BCUT2D eigenvalue weighted by molar-refractivity contribution is 5.81.